The third-order valence-corrected chi connectivity index (χ3v) is 3.82. The molecule has 0 spiro atoms. The number of hydrogen-bond acceptors (Lipinski definition) is 2. The van der Waals surface area contributed by atoms with E-state index in [1.165, 1.54) is 16.7 Å². The summed E-state index contributed by atoms with van der Waals surface area (Å²) in [5, 5.41) is 5.16. The lowest BCUT2D eigenvalue weighted by Crippen LogP contribution is -2.44. The summed E-state index contributed by atoms with van der Waals surface area (Å²) >= 11 is 0. The van der Waals surface area contributed by atoms with Gasteiger partial charge in [0.05, 0.1) is 0 Å². The summed E-state index contributed by atoms with van der Waals surface area (Å²) in [6.45, 7) is 1.59. The Morgan fingerprint density at radius 2 is 1.82 bits per heavy atom. The molecule has 0 saturated heterocycles. The molecule has 0 fully saturated rings. The van der Waals surface area contributed by atoms with Crippen LogP contribution in [-0.2, 0) is 11.2 Å². The van der Waals surface area contributed by atoms with Crippen molar-refractivity contribution in [1.29, 1.82) is 0 Å². The second-order valence-corrected chi connectivity index (χ2v) is 5.43. The molecular weight excluding hydrogens is 278 g/mol. The van der Waals surface area contributed by atoms with E-state index < -0.39 is 12.1 Å². The molecule has 2 aromatic carbocycles. The first kappa shape index (κ1) is 14.1. The largest absolute Gasteiger partial charge is 0.352 e. The molecule has 0 bridgehead atoms. The normalized spacial score (nSPS) is 13.0. The van der Waals surface area contributed by atoms with Crippen molar-refractivity contribution in [1.82, 2.24) is 5.32 Å². The Labute approximate surface area is 128 Å². The summed E-state index contributed by atoms with van der Waals surface area (Å²) in [6.07, 6.45) is 0.916. The second kappa shape index (κ2) is 5.52. The summed E-state index contributed by atoms with van der Waals surface area (Å²) in [5.41, 5.74) is 10.6. The first-order valence-electron chi connectivity index (χ1n) is 7.12. The van der Waals surface area contributed by atoms with Crippen LogP contribution in [0.4, 0.5) is 10.5 Å². The summed E-state index contributed by atoms with van der Waals surface area (Å²) in [4.78, 5) is 22.8. The molecule has 5 nitrogen and oxygen atoms in total. The molecule has 1 unspecified atom stereocenters. The van der Waals surface area contributed by atoms with E-state index in [9.17, 15) is 9.59 Å². The lowest BCUT2D eigenvalue weighted by atomic mass is 10.1. The van der Waals surface area contributed by atoms with Crippen molar-refractivity contribution in [3.63, 3.8) is 0 Å². The van der Waals surface area contributed by atoms with Gasteiger partial charge in [0.2, 0.25) is 5.91 Å². The van der Waals surface area contributed by atoms with Gasteiger partial charge in [0.25, 0.3) is 0 Å². The number of carbonyl (C=O) groups excluding carboxylic acids is 2. The maximum absolute atomic E-state index is 12.0. The van der Waals surface area contributed by atoms with E-state index in [0.29, 0.717) is 5.69 Å². The Kier molecular flexibility index (Phi) is 3.55. The van der Waals surface area contributed by atoms with Crippen molar-refractivity contribution >= 4 is 17.6 Å². The van der Waals surface area contributed by atoms with Crippen LogP contribution in [0.1, 0.15) is 18.1 Å². The lowest BCUT2D eigenvalue weighted by Gasteiger charge is -2.13. The Morgan fingerprint density at radius 3 is 2.59 bits per heavy atom. The third-order valence-electron chi connectivity index (χ3n) is 3.82. The highest BCUT2D eigenvalue weighted by Gasteiger charge is 2.19. The summed E-state index contributed by atoms with van der Waals surface area (Å²) in [7, 11) is 0. The van der Waals surface area contributed by atoms with Crippen molar-refractivity contribution in [3.8, 4) is 11.1 Å². The van der Waals surface area contributed by atoms with E-state index in [-0.39, 0.29) is 5.91 Å². The minimum absolute atomic E-state index is 0.301. The number of nitrogens with one attached hydrogen (secondary N) is 2. The van der Waals surface area contributed by atoms with Crippen LogP contribution in [0.3, 0.4) is 0 Å². The quantitative estimate of drug-likeness (QED) is 0.692. The third kappa shape index (κ3) is 2.65. The van der Waals surface area contributed by atoms with Crippen LogP contribution in [-0.4, -0.2) is 18.0 Å². The second-order valence-electron chi connectivity index (χ2n) is 5.43. The SMILES string of the molecule is CC(NC(N)=O)C(=O)Nc1ccc2c(c1)-c1ccccc1C2. The summed E-state index contributed by atoms with van der Waals surface area (Å²) in [5.74, 6) is -0.301. The number of benzene rings is 2. The molecule has 4 N–H and O–H groups in total. The van der Waals surface area contributed by atoms with E-state index in [1.54, 1.807) is 6.92 Å². The molecule has 3 rings (SSSR count). The molecule has 0 saturated carbocycles. The van der Waals surface area contributed by atoms with Gasteiger partial charge in [-0.25, -0.2) is 4.79 Å². The molecule has 3 amide bonds. The molecule has 112 valence electrons. The zero-order valence-corrected chi connectivity index (χ0v) is 12.2. The topological polar surface area (TPSA) is 84.2 Å². The monoisotopic (exact) mass is 295 g/mol. The predicted octanol–water partition coefficient (Wildman–Crippen LogP) is 2.25. The maximum atomic E-state index is 12.0. The fourth-order valence-electron chi connectivity index (χ4n) is 2.73. The van der Waals surface area contributed by atoms with Crippen molar-refractivity contribution in [2.45, 2.75) is 19.4 Å². The first-order valence-corrected chi connectivity index (χ1v) is 7.12. The van der Waals surface area contributed by atoms with E-state index >= 15 is 0 Å². The fourth-order valence-corrected chi connectivity index (χ4v) is 2.73. The number of primary amides is 1. The van der Waals surface area contributed by atoms with Crippen LogP contribution >= 0.6 is 0 Å². The zero-order chi connectivity index (χ0) is 15.7. The molecule has 0 aromatic heterocycles. The number of urea groups is 1. The molecular formula is C17H17N3O2. The highest BCUT2D eigenvalue weighted by Crippen LogP contribution is 2.37. The average Bonchev–Trinajstić information content (AvgIpc) is 2.84. The Hall–Kier alpha value is -2.82. The van der Waals surface area contributed by atoms with Gasteiger partial charge in [0.1, 0.15) is 6.04 Å². The van der Waals surface area contributed by atoms with Crippen molar-refractivity contribution < 1.29 is 9.59 Å². The van der Waals surface area contributed by atoms with E-state index in [2.05, 4.69) is 22.8 Å². The van der Waals surface area contributed by atoms with Gasteiger partial charge >= 0.3 is 6.03 Å². The number of hydrogen-bond donors (Lipinski definition) is 3. The molecule has 0 heterocycles. The number of carbonyl (C=O) groups is 2. The molecule has 5 heteroatoms. The number of amides is 3. The molecule has 0 radical (unpaired) electrons. The van der Waals surface area contributed by atoms with Crippen LogP contribution in [0, 0.1) is 0 Å². The van der Waals surface area contributed by atoms with E-state index in [0.717, 1.165) is 12.0 Å². The number of anilines is 1. The molecule has 0 aliphatic heterocycles. The molecule has 1 aliphatic rings. The Morgan fingerprint density at radius 1 is 1.09 bits per heavy atom. The maximum Gasteiger partial charge on any atom is 0.312 e. The van der Waals surface area contributed by atoms with Gasteiger partial charge in [-0.05, 0) is 47.7 Å². The Balaban J connectivity index is 1.81. The van der Waals surface area contributed by atoms with Gasteiger partial charge < -0.3 is 16.4 Å². The molecule has 2 aromatic rings. The van der Waals surface area contributed by atoms with Crippen LogP contribution in [0.5, 0.6) is 0 Å². The molecule has 1 aliphatic carbocycles. The first-order chi connectivity index (χ1) is 10.5. The minimum atomic E-state index is -0.717. The number of nitrogens with two attached hydrogens (primary N) is 1. The van der Waals surface area contributed by atoms with Gasteiger partial charge in [-0.15, -0.1) is 0 Å². The smallest absolute Gasteiger partial charge is 0.312 e. The van der Waals surface area contributed by atoms with Crippen LogP contribution in [0.25, 0.3) is 11.1 Å². The highest BCUT2D eigenvalue weighted by atomic mass is 16.2. The number of fused-ring (bicyclic) bond motifs is 3. The van der Waals surface area contributed by atoms with Gasteiger partial charge in [0.15, 0.2) is 0 Å². The van der Waals surface area contributed by atoms with Gasteiger partial charge in [-0.1, -0.05) is 30.3 Å². The summed E-state index contributed by atoms with van der Waals surface area (Å²) < 4.78 is 0. The van der Waals surface area contributed by atoms with E-state index in [4.69, 9.17) is 5.73 Å². The summed E-state index contributed by atoms with van der Waals surface area (Å²) in [6, 6.07) is 12.7. The molecule has 1 atom stereocenters. The van der Waals surface area contributed by atoms with Crippen molar-refractivity contribution in [2.24, 2.45) is 5.73 Å². The average molecular weight is 295 g/mol. The number of rotatable bonds is 3. The van der Waals surface area contributed by atoms with Crippen molar-refractivity contribution in [2.75, 3.05) is 5.32 Å². The van der Waals surface area contributed by atoms with Crippen LogP contribution in [0.15, 0.2) is 42.5 Å². The predicted molar refractivity (Wildman–Crippen MR) is 85.5 cm³/mol. The highest BCUT2D eigenvalue weighted by molar-refractivity contribution is 5.97. The van der Waals surface area contributed by atoms with Crippen LogP contribution in [0.2, 0.25) is 0 Å². The van der Waals surface area contributed by atoms with Crippen molar-refractivity contribution in [3.05, 3.63) is 53.6 Å². The van der Waals surface area contributed by atoms with E-state index in [1.807, 2.05) is 30.3 Å². The van der Waals surface area contributed by atoms with Gasteiger partial charge in [0, 0.05) is 5.69 Å². The minimum Gasteiger partial charge on any atom is -0.352 e. The van der Waals surface area contributed by atoms with Gasteiger partial charge in [-0.3, -0.25) is 4.79 Å². The van der Waals surface area contributed by atoms with Gasteiger partial charge in [-0.2, -0.15) is 0 Å². The Bertz CT molecular complexity index is 755. The zero-order valence-electron chi connectivity index (χ0n) is 12.2. The lowest BCUT2D eigenvalue weighted by molar-refractivity contribution is -0.117. The standard InChI is InChI=1S/C17H17N3O2/c1-10(19-17(18)22)16(21)20-13-7-6-12-8-11-4-2-3-5-14(11)15(12)9-13/h2-7,9-10H,8H2,1H3,(H,20,21)(H3,18,19,22). The van der Waals surface area contributed by atoms with Crippen LogP contribution < -0.4 is 16.4 Å². The molecule has 22 heavy (non-hydrogen) atoms. The fraction of sp³-hybridized carbons (Fsp3) is 0.176.